The summed E-state index contributed by atoms with van der Waals surface area (Å²) in [5, 5.41) is 10.8. The minimum atomic E-state index is -1.94. The molecule has 2 rings (SSSR count). The van der Waals surface area contributed by atoms with Crippen LogP contribution in [0.1, 0.15) is 48.5 Å². The number of aliphatic hydroxyl groups excluding tert-OH is 1. The lowest BCUT2D eigenvalue weighted by Gasteiger charge is -2.48. The Labute approximate surface area is 251 Å². The number of carbonyl (C=O) groups is 7. The van der Waals surface area contributed by atoms with Gasteiger partial charge in [0.2, 0.25) is 0 Å². The van der Waals surface area contributed by atoms with Crippen LogP contribution in [-0.2, 0) is 80.9 Å². The highest BCUT2D eigenvalue weighted by molar-refractivity contribution is 5.69. The lowest BCUT2D eigenvalue weighted by Crippen LogP contribution is -2.67. The summed E-state index contributed by atoms with van der Waals surface area (Å²) < 4.78 is 54.0. The molecule has 0 amide bonds. The molecule has 18 heteroatoms. The molecule has 18 nitrogen and oxygen atoms in total. The van der Waals surface area contributed by atoms with E-state index in [-0.39, 0.29) is 0 Å². The summed E-state index contributed by atoms with van der Waals surface area (Å²) in [6.45, 7) is 6.13. The van der Waals surface area contributed by atoms with E-state index in [1.165, 1.54) is 0 Å². The van der Waals surface area contributed by atoms with E-state index in [0.717, 1.165) is 48.5 Å². The normalized spacial score (nSPS) is 31.5. The number of esters is 7. The highest BCUT2D eigenvalue weighted by Gasteiger charge is 2.57. The van der Waals surface area contributed by atoms with E-state index in [2.05, 4.69) is 0 Å². The predicted octanol–water partition coefficient (Wildman–Crippen LogP) is -1.40. The lowest BCUT2D eigenvalue weighted by atomic mass is 9.96. The van der Waals surface area contributed by atoms with Crippen LogP contribution in [0.5, 0.6) is 0 Å². The lowest BCUT2D eigenvalue weighted by molar-refractivity contribution is -0.357. The third-order valence-electron chi connectivity index (χ3n) is 5.90. The van der Waals surface area contributed by atoms with Gasteiger partial charge in [-0.25, -0.2) is 0 Å². The Hall–Kier alpha value is -3.87. The summed E-state index contributed by atoms with van der Waals surface area (Å²) in [6, 6.07) is 0. The highest BCUT2D eigenvalue weighted by atomic mass is 16.8. The molecule has 0 spiro atoms. The first kappa shape index (κ1) is 36.3. The van der Waals surface area contributed by atoms with Crippen molar-refractivity contribution in [3.63, 3.8) is 0 Å². The number of aliphatic hydroxyl groups is 1. The molecule has 2 heterocycles. The smallest absolute Gasteiger partial charge is 0.303 e. The van der Waals surface area contributed by atoms with E-state index >= 15 is 0 Å². The van der Waals surface area contributed by atoms with Gasteiger partial charge in [-0.1, -0.05) is 0 Å². The van der Waals surface area contributed by atoms with E-state index in [4.69, 9.17) is 47.4 Å². The van der Waals surface area contributed by atoms with Crippen LogP contribution in [0, 0.1) is 0 Å². The van der Waals surface area contributed by atoms with Crippen molar-refractivity contribution in [1.29, 1.82) is 0 Å². The summed E-state index contributed by atoms with van der Waals surface area (Å²) in [5.41, 5.74) is 0. The van der Waals surface area contributed by atoms with Gasteiger partial charge in [-0.2, -0.15) is 0 Å². The first-order chi connectivity index (χ1) is 20.5. The topological polar surface area (TPSA) is 232 Å². The van der Waals surface area contributed by atoms with Gasteiger partial charge < -0.3 is 52.5 Å². The van der Waals surface area contributed by atoms with Crippen molar-refractivity contribution in [3.05, 3.63) is 0 Å². The van der Waals surface area contributed by atoms with Crippen LogP contribution in [0.25, 0.3) is 0 Å². The van der Waals surface area contributed by atoms with Crippen LogP contribution in [0.15, 0.2) is 0 Å². The molecule has 2 aliphatic heterocycles. The fourth-order valence-corrected chi connectivity index (χ4v) is 4.49. The number of hydrogen-bond donors (Lipinski definition) is 1. The molecule has 0 aromatic heterocycles. The molecule has 0 aromatic rings. The molecule has 0 radical (unpaired) electrons. The molecule has 0 bridgehead atoms. The Balaban J connectivity index is 2.66. The summed E-state index contributed by atoms with van der Waals surface area (Å²) in [4.78, 5) is 83.5. The Morgan fingerprint density at radius 3 is 1.27 bits per heavy atom. The van der Waals surface area contributed by atoms with Crippen LogP contribution in [0.3, 0.4) is 0 Å². The van der Waals surface area contributed by atoms with Gasteiger partial charge in [0.1, 0.15) is 31.5 Å². The molecule has 2 fully saturated rings. The second-order valence-electron chi connectivity index (χ2n) is 9.68. The molecule has 44 heavy (non-hydrogen) atoms. The molecule has 0 aliphatic carbocycles. The van der Waals surface area contributed by atoms with Crippen LogP contribution in [0.4, 0.5) is 0 Å². The van der Waals surface area contributed by atoms with E-state index in [9.17, 15) is 38.7 Å². The largest absolute Gasteiger partial charge is 0.463 e. The molecule has 2 aliphatic rings. The quantitative estimate of drug-likeness (QED) is 0.203. The second kappa shape index (κ2) is 16.3. The van der Waals surface area contributed by atoms with Gasteiger partial charge in [0.25, 0.3) is 0 Å². The van der Waals surface area contributed by atoms with Gasteiger partial charge in [-0.05, 0) is 0 Å². The zero-order valence-electron chi connectivity index (χ0n) is 25.1. The van der Waals surface area contributed by atoms with Gasteiger partial charge in [0.05, 0.1) is 0 Å². The predicted molar refractivity (Wildman–Crippen MR) is 135 cm³/mol. The van der Waals surface area contributed by atoms with Gasteiger partial charge >= 0.3 is 41.8 Å². The van der Waals surface area contributed by atoms with E-state index in [1.54, 1.807) is 0 Å². The molecule has 0 saturated carbocycles. The van der Waals surface area contributed by atoms with Crippen LogP contribution in [-0.4, -0.2) is 122 Å². The minimum absolute atomic E-state index is 0.560. The monoisotopic (exact) mass is 636 g/mol. The van der Waals surface area contributed by atoms with E-state index < -0.39 is 116 Å². The SMILES string of the molecule is CC(=O)OC[C@H]1O[C@@H](O[C@@H]2[C@@H](OC(C)=O)[C@H](O)O[C@H](COC(C)=O)[C@H]2OC(C)=O)[C@H](OC(C)=O)[C@@H](OC(C)=O)[C@H]1OC(C)=O. The van der Waals surface area contributed by atoms with Crippen molar-refractivity contribution in [2.75, 3.05) is 13.2 Å². The average molecular weight is 637 g/mol. The first-order valence-electron chi connectivity index (χ1n) is 13.3. The maximum absolute atomic E-state index is 12.2. The fraction of sp³-hybridized carbons (Fsp3) is 0.731. The average Bonchev–Trinajstić information content (AvgIpc) is 2.87. The van der Waals surface area contributed by atoms with Gasteiger partial charge in [0, 0.05) is 48.5 Å². The Morgan fingerprint density at radius 2 is 0.841 bits per heavy atom. The third kappa shape index (κ3) is 10.7. The summed E-state index contributed by atoms with van der Waals surface area (Å²) in [6.07, 6.45) is -16.4. The van der Waals surface area contributed by atoms with Crippen LogP contribution < -0.4 is 0 Å². The van der Waals surface area contributed by atoms with Gasteiger partial charge in [-0.15, -0.1) is 0 Å². The maximum atomic E-state index is 12.2. The number of ether oxygens (including phenoxy) is 10. The van der Waals surface area contributed by atoms with Gasteiger partial charge in [0.15, 0.2) is 43.1 Å². The van der Waals surface area contributed by atoms with Crippen molar-refractivity contribution in [1.82, 2.24) is 0 Å². The van der Waals surface area contributed by atoms with Crippen molar-refractivity contribution in [2.45, 2.75) is 110 Å². The third-order valence-corrected chi connectivity index (χ3v) is 5.90. The van der Waals surface area contributed by atoms with Crippen molar-refractivity contribution >= 4 is 41.8 Å². The number of hydrogen-bond acceptors (Lipinski definition) is 18. The Morgan fingerprint density at radius 1 is 0.477 bits per heavy atom. The standard InChI is InChI=1S/C26H36O18/c1-10(27)35-8-17-19(37-12(3)29)21(23(25(34)42-17)40-15(6)32)44-26-24(41-16(7)33)22(39-14(5)31)20(38-13(4)30)18(43-26)9-36-11(2)28/h17-26,34H,8-9H2,1-7H3/t17-,18-,19-,20+,21+,22+,23-,24-,25-,26+/m1/s1. The van der Waals surface area contributed by atoms with E-state index in [1.807, 2.05) is 0 Å². The first-order valence-corrected chi connectivity index (χ1v) is 13.3. The summed E-state index contributed by atoms with van der Waals surface area (Å²) in [5.74, 6) is -6.03. The molecule has 2 saturated heterocycles. The van der Waals surface area contributed by atoms with Crippen molar-refractivity contribution < 1.29 is 86.0 Å². The van der Waals surface area contributed by atoms with Crippen molar-refractivity contribution in [3.8, 4) is 0 Å². The summed E-state index contributed by atoms with van der Waals surface area (Å²) in [7, 11) is 0. The molecular weight excluding hydrogens is 600 g/mol. The second-order valence-corrected chi connectivity index (χ2v) is 9.68. The molecule has 1 N–H and O–H groups in total. The molecule has 0 aromatic carbocycles. The van der Waals surface area contributed by atoms with Crippen LogP contribution >= 0.6 is 0 Å². The molecule has 10 atom stereocenters. The highest BCUT2D eigenvalue weighted by Crippen LogP contribution is 2.35. The molecule has 0 unspecified atom stereocenters. The minimum Gasteiger partial charge on any atom is -0.463 e. The van der Waals surface area contributed by atoms with E-state index in [0.29, 0.717) is 0 Å². The molecule has 248 valence electrons. The summed E-state index contributed by atoms with van der Waals surface area (Å²) >= 11 is 0. The zero-order valence-corrected chi connectivity index (χ0v) is 25.1. The fourth-order valence-electron chi connectivity index (χ4n) is 4.49. The van der Waals surface area contributed by atoms with Gasteiger partial charge in [-0.3, -0.25) is 33.6 Å². The van der Waals surface area contributed by atoms with Crippen LogP contribution in [0.2, 0.25) is 0 Å². The maximum Gasteiger partial charge on any atom is 0.303 e. The Kier molecular flexibility index (Phi) is 13.4. The van der Waals surface area contributed by atoms with Crippen molar-refractivity contribution in [2.24, 2.45) is 0 Å². The number of carbonyl (C=O) groups excluding carboxylic acids is 7. The number of rotatable bonds is 11. The zero-order chi connectivity index (χ0) is 33.3. The molecular formula is C26H36O18. The Bertz CT molecular complexity index is 1090.